The molecule has 2 aliphatic rings. The van der Waals surface area contributed by atoms with Crippen molar-refractivity contribution in [1.29, 1.82) is 0 Å². The van der Waals surface area contributed by atoms with Crippen molar-refractivity contribution in [2.45, 2.75) is 78.2 Å². The minimum atomic E-state index is -0.995. The lowest BCUT2D eigenvalue weighted by molar-refractivity contribution is -0.142. The number of carbonyl (C=O) groups excluding carboxylic acids is 3. The molecule has 0 bridgehead atoms. The molecule has 5 N–H and O–H groups in total. The maximum absolute atomic E-state index is 14.1. The molecule has 3 atom stereocenters. The minimum absolute atomic E-state index is 0.0191. The number of amides is 3. The van der Waals surface area contributed by atoms with Gasteiger partial charge in [-0.3, -0.25) is 14.4 Å². The third-order valence-electron chi connectivity index (χ3n) is 9.26. The molecule has 3 aromatic carbocycles. The molecule has 3 heterocycles. The van der Waals surface area contributed by atoms with Crippen LogP contribution in [-0.2, 0) is 21.7 Å². The Bertz CT molecular complexity index is 1940. The first-order valence-electron chi connectivity index (χ1n) is 17.0. The van der Waals surface area contributed by atoms with Gasteiger partial charge in [-0.15, -0.1) is 11.3 Å². The quantitative estimate of drug-likeness (QED) is 0.191. The Balaban J connectivity index is 1.12. The number of nitrogens with two attached hydrogens (primary N) is 1. The van der Waals surface area contributed by atoms with Gasteiger partial charge in [0, 0.05) is 36.1 Å². The Labute approximate surface area is 302 Å². The summed E-state index contributed by atoms with van der Waals surface area (Å²) in [5, 5.41) is 16.4. The molecule has 3 amide bonds. The number of nitrogens with zero attached hydrogens (tertiary/aromatic N) is 2. The number of aliphatic hydroxyl groups is 1. The highest BCUT2D eigenvalue weighted by molar-refractivity contribution is 7.13. The van der Waals surface area contributed by atoms with Gasteiger partial charge in [0.15, 0.2) is 0 Å². The molecule has 0 unspecified atom stereocenters. The average Bonchev–Trinajstić information content (AvgIpc) is 3.82. The summed E-state index contributed by atoms with van der Waals surface area (Å²) < 4.78 is 12.2. The Morgan fingerprint density at radius 3 is 2.41 bits per heavy atom. The number of β-amino-alcohol motifs (C(OH)–C–C–N with tert-alkyl or cyclic N) is 1. The van der Waals surface area contributed by atoms with E-state index in [-0.39, 0.29) is 31.0 Å². The third-order valence-corrected chi connectivity index (χ3v) is 10.2. The van der Waals surface area contributed by atoms with Crippen molar-refractivity contribution < 1.29 is 28.8 Å². The van der Waals surface area contributed by atoms with Gasteiger partial charge in [0.2, 0.25) is 11.8 Å². The highest BCUT2D eigenvalue weighted by Crippen LogP contribution is 2.35. The Hall–Kier alpha value is -4.72. The first-order chi connectivity index (χ1) is 24.1. The lowest BCUT2D eigenvalue weighted by atomic mass is 9.72. The summed E-state index contributed by atoms with van der Waals surface area (Å²) in [6.07, 6.45) is -0.778. The number of thiazole rings is 1. The molecule has 6 rings (SSSR count). The number of nitrogens with one attached hydrogen (secondary N) is 2. The van der Waals surface area contributed by atoms with Crippen molar-refractivity contribution in [3.63, 3.8) is 0 Å². The maximum atomic E-state index is 14.1. The third kappa shape index (κ3) is 7.80. The van der Waals surface area contributed by atoms with Crippen molar-refractivity contribution in [1.82, 2.24) is 20.5 Å². The van der Waals surface area contributed by atoms with Crippen molar-refractivity contribution in [3.05, 3.63) is 94.6 Å². The largest absolute Gasteiger partial charge is 0.633 e. The number of rotatable bonds is 9. The molecule has 13 heteroatoms. The van der Waals surface area contributed by atoms with Crippen LogP contribution in [0.1, 0.15) is 68.2 Å². The van der Waals surface area contributed by atoms with Crippen molar-refractivity contribution >= 4 is 41.6 Å². The second-order valence-corrected chi connectivity index (χ2v) is 15.7. The number of carbonyl (C=O) groups is 3. The lowest BCUT2D eigenvalue weighted by Crippen LogP contribution is -2.57. The molecule has 0 saturated carbocycles. The Morgan fingerprint density at radius 2 is 1.75 bits per heavy atom. The van der Waals surface area contributed by atoms with Gasteiger partial charge < -0.3 is 35.7 Å². The number of aromatic nitrogens is 1. The molecule has 2 aliphatic heterocycles. The summed E-state index contributed by atoms with van der Waals surface area (Å²) in [5.74, 6) is -0.428. The molecule has 1 saturated heterocycles. The molecule has 266 valence electrons. The second-order valence-electron chi connectivity index (χ2n) is 14.9. The fourth-order valence-corrected chi connectivity index (χ4v) is 7.32. The van der Waals surface area contributed by atoms with E-state index < -0.39 is 48.1 Å². The van der Waals surface area contributed by atoms with Crippen LogP contribution in [0.5, 0.6) is 11.5 Å². The number of benzene rings is 3. The zero-order chi connectivity index (χ0) is 36.7. The zero-order valence-electron chi connectivity index (χ0n) is 29.7. The molecule has 0 spiro atoms. The van der Waals surface area contributed by atoms with Crippen LogP contribution in [0.2, 0.25) is 0 Å². The van der Waals surface area contributed by atoms with Gasteiger partial charge in [0.05, 0.1) is 22.2 Å². The summed E-state index contributed by atoms with van der Waals surface area (Å²) in [7, 11) is -0.738. The van der Waals surface area contributed by atoms with Crippen molar-refractivity contribution in [2.24, 2.45) is 11.1 Å². The maximum Gasteiger partial charge on any atom is 0.633 e. The van der Waals surface area contributed by atoms with Crippen LogP contribution in [0.15, 0.2) is 72.2 Å². The van der Waals surface area contributed by atoms with Gasteiger partial charge in [-0.05, 0) is 61.1 Å². The van der Waals surface area contributed by atoms with E-state index in [1.807, 2.05) is 95.6 Å². The summed E-state index contributed by atoms with van der Waals surface area (Å²) in [6, 6.07) is 18.5. The summed E-state index contributed by atoms with van der Waals surface area (Å²) in [5.41, 5.74) is 11.7. The van der Waals surface area contributed by atoms with E-state index in [0.717, 1.165) is 32.7 Å². The van der Waals surface area contributed by atoms with Crippen molar-refractivity contribution in [2.75, 3.05) is 6.54 Å². The number of hydrogen-bond acceptors (Lipinski definition) is 9. The van der Waals surface area contributed by atoms with Crippen LogP contribution < -0.4 is 31.1 Å². The molecule has 11 nitrogen and oxygen atoms in total. The number of likely N-dealkylation sites (tertiary alicyclic amines) is 1. The predicted molar refractivity (Wildman–Crippen MR) is 198 cm³/mol. The van der Waals surface area contributed by atoms with Crippen LogP contribution >= 0.6 is 11.3 Å². The Morgan fingerprint density at radius 1 is 1.04 bits per heavy atom. The van der Waals surface area contributed by atoms with Gasteiger partial charge in [-0.1, -0.05) is 69.3 Å². The number of hydrogen-bond donors (Lipinski definition) is 4. The standard InChI is InChI=1S/C38H44BN5O6S/c1-22-32(51-21-42-22)24-13-11-23(12-14-24)19-41-35(47)29-18-26(45)20-44(29)36(48)33(37(2,3)4)43-34(46)25-15-16-30-31(17-25)50-39(49-30)28-10-8-7-9-27(28)38(5,6)40/h7-17,21,26,29,33,45H,18-20,40H2,1-6H3,(H,41,47)(H,43,46)/t26-,29+,33-/m1/s1. The van der Waals surface area contributed by atoms with E-state index in [1.165, 1.54) is 4.90 Å². The van der Waals surface area contributed by atoms with E-state index in [1.54, 1.807) is 29.5 Å². The van der Waals surface area contributed by atoms with Gasteiger partial charge >= 0.3 is 7.12 Å². The summed E-state index contributed by atoms with van der Waals surface area (Å²) in [6.45, 7) is 11.6. The van der Waals surface area contributed by atoms with Crippen LogP contribution in [0.25, 0.3) is 10.4 Å². The van der Waals surface area contributed by atoms with E-state index in [4.69, 9.17) is 15.0 Å². The molecular formula is C38H44BN5O6S. The fraction of sp³-hybridized carbons (Fsp3) is 0.368. The molecular weight excluding hydrogens is 665 g/mol. The van der Waals surface area contributed by atoms with Crippen LogP contribution in [-0.4, -0.2) is 64.6 Å². The molecule has 0 aliphatic carbocycles. The first-order valence-corrected chi connectivity index (χ1v) is 17.9. The number of fused-ring (bicyclic) bond motifs is 1. The highest BCUT2D eigenvalue weighted by atomic mass is 32.1. The van der Waals surface area contributed by atoms with Crippen LogP contribution in [0.4, 0.5) is 0 Å². The van der Waals surface area contributed by atoms with E-state index in [9.17, 15) is 19.5 Å². The van der Waals surface area contributed by atoms with Crippen LogP contribution in [0.3, 0.4) is 0 Å². The first kappa shape index (κ1) is 36.1. The monoisotopic (exact) mass is 709 g/mol. The van der Waals surface area contributed by atoms with Gasteiger partial charge in [-0.2, -0.15) is 0 Å². The SMILES string of the molecule is Cc1ncsc1-c1ccc(CNC(=O)[C@@H]2C[C@@H](O)CN2C(=O)[C@@H](NC(=O)c2ccc3c(c2)OB(c2ccccc2C(C)(C)N)O3)C(C)(C)C)cc1. The Kier molecular flexibility index (Phi) is 10.00. The van der Waals surface area contributed by atoms with E-state index in [2.05, 4.69) is 15.6 Å². The average molecular weight is 710 g/mol. The van der Waals surface area contributed by atoms with Gasteiger partial charge in [-0.25, -0.2) is 4.98 Å². The molecule has 1 fully saturated rings. The molecule has 0 radical (unpaired) electrons. The summed E-state index contributed by atoms with van der Waals surface area (Å²) in [4.78, 5) is 48.1. The molecule has 1 aromatic heterocycles. The normalized spacial score (nSPS) is 17.7. The minimum Gasteiger partial charge on any atom is -0.519 e. The second kappa shape index (κ2) is 14.1. The van der Waals surface area contributed by atoms with Crippen molar-refractivity contribution in [3.8, 4) is 21.9 Å². The predicted octanol–water partition coefficient (Wildman–Crippen LogP) is 3.90. The van der Waals surface area contributed by atoms with Gasteiger partial charge in [0.25, 0.3) is 5.91 Å². The smallest absolute Gasteiger partial charge is 0.519 e. The topological polar surface area (TPSA) is 156 Å². The van der Waals surface area contributed by atoms with E-state index >= 15 is 0 Å². The zero-order valence-corrected chi connectivity index (χ0v) is 30.5. The highest BCUT2D eigenvalue weighted by Gasteiger charge is 2.45. The van der Waals surface area contributed by atoms with E-state index in [0.29, 0.717) is 11.5 Å². The van der Waals surface area contributed by atoms with Gasteiger partial charge in [0.1, 0.15) is 23.6 Å². The number of aliphatic hydroxyl groups excluding tert-OH is 1. The lowest BCUT2D eigenvalue weighted by Gasteiger charge is -2.35. The molecule has 51 heavy (non-hydrogen) atoms. The fourth-order valence-electron chi connectivity index (χ4n) is 6.50. The molecule has 4 aromatic rings. The summed E-state index contributed by atoms with van der Waals surface area (Å²) >= 11 is 1.58. The number of aryl methyl sites for hydroxylation is 1. The van der Waals surface area contributed by atoms with Crippen LogP contribution in [0, 0.1) is 12.3 Å².